The number of carbonyl (C=O) groups is 3. The Hall–Kier alpha value is -5.85. The van der Waals surface area contributed by atoms with E-state index in [1.165, 1.54) is 46.3 Å². The van der Waals surface area contributed by atoms with Crippen LogP contribution in [0.2, 0.25) is 0 Å². The molecule has 17 heteroatoms. The van der Waals surface area contributed by atoms with Crippen LogP contribution in [-0.4, -0.2) is 112 Å². The molecule has 11 atom stereocenters. The zero-order chi connectivity index (χ0) is 49.6. The summed E-state index contributed by atoms with van der Waals surface area (Å²) in [6.45, 7) is 14.1. The monoisotopic (exact) mass is 940 g/mol. The number of amides is 1. The lowest BCUT2D eigenvalue weighted by molar-refractivity contribution is -0.160. The molecule has 1 amide bonds. The summed E-state index contributed by atoms with van der Waals surface area (Å²) < 4.78 is 24.0. The van der Waals surface area contributed by atoms with Crippen LogP contribution in [0.15, 0.2) is 57.5 Å². The van der Waals surface area contributed by atoms with Gasteiger partial charge in [0.05, 0.1) is 35.9 Å². The van der Waals surface area contributed by atoms with E-state index >= 15 is 0 Å². The van der Waals surface area contributed by atoms with Gasteiger partial charge in [0.15, 0.2) is 17.1 Å². The highest BCUT2D eigenvalue weighted by Gasteiger charge is 2.47. The number of aliphatic hydroxyl groups is 3. The van der Waals surface area contributed by atoms with E-state index in [9.17, 15) is 44.7 Å². The number of benzene rings is 3. The summed E-state index contributed by atoms with van der Waals surface area (Å²) in [5.74, 6) is -7.42. The van der Waals surface area contributed by atoms with E-state index in [0.29, 0.717) is 24.8 Å². The molecule has 0 radical (unpaired) electrons. The number of ether oxygens (including phenoxy) is 3. The average molecular weight is 941 g/mol. The van der Waals surface area contributed by atoms with Crippen LogP contribution in [0.5, 0.6) is 11.5 Å². The lowest BCUT2D eigenvalue weighted by Crippen LogP contribution is -2.46. The van der Waals surface area contributed by atoms with Gasteiger partial charge in [-0.2, -0.15) is 0 Å². The molecular weight excluding hydrogens is 877 g/mol. The average Bonchev–Trinajstić information content (AvgIpc) is 3.58. The van der Waals surface area contributed by atoms with E-state index in [0.717, 1.165) is 12.8 Å². The van der Waals surface area contributed by atoms with Gasteiger partial charge in [0.25, 0.3) is 5.91 Å². The van der Waals surface area contributed by atoms with Gasteiger partial charge >= 0.3 is 5.97 Å². The molecule has 7 N–H and O–H groups in total. The SMILES string of the molecule is CNC1CCN(c2cc(O)c3nc4c5c6c7c(C)c(O)c5c(=O)c(c-4oc3c2)NC(=O)/C(C)=C\C=C\[C@H](C)[C@H](O)[C@@H](C)[C@@H](O)[C@@H](C)[C@H](OC(C)=O)[C@H](C)[C@@H](OC)/C=C/O[C@@H](O)C7[C@@H](C)C6=O)CC1. The van der Waals surface area contributed by atoms with E-state index in [-0.39, 0.29) is 67.0 Å². The molecule has 2 aliphatic carbocycles. The minimum absolute atomic E-state index is 0.00321. The molecular formula is C51H64N4O13. The van der Waals surface area contributed by atoms with E-state index in [2.05, 4.69) is 15.5 Å². The number of methoxy groups -OCH3 is 1. The van der Waals surface area contributed by atoms with Crippen molar-refractivity contribution in [3.8, 4) is 23.0 Å². The number of hydrogen-bond acceptors (Lipinski definition) is 16. The van der Waals surface area contributed by atoms with Gasteiger partial charge in [0, 0.05) is 97.1 Å². The Bertz CT molecular complexity index is 2720. The number of Topliss-reactive ketones (excluding diaryl/α,β-unsaturated/α-hetero) is 1. The van der Waals surface area contributed by atoms with Crippen molar-refractivity contribution >= 4 is 50.9 Å². The van der Waals surface area contributed by atoms with Crippen molar-refractivity contribution in [1.29, 1.82) is 0 Å². The number of phenols is 2. The number of rotatable bonds is 4. The third-order valence-corrected chi connectivity index (χ3v) is 14.6. The van der Waals surface area contributed by atoms with Crippen LogP contribution in [0.3, 0.4) is 0 Å². The fraction of sp³-hybridized carbons (Fsp3) is 0.510. The number of fused-ring (bicyclic) bond motifs is 7. The van der Waals surface area contributed by atoms with Crippen molar-refractivity contribution in [2.45, 2.75) is 111 Å². The Morgan fingerprint density at radius 2 is 1.63 bits per heavy atom. The Morgan fingerprint density at radius 3 is 2.28 bits per heavy atom. The Kier molecular flexibility index (Phi) is 14.7. The maximum absolute atomic E-state index is 14.9. The molecule has 0 spiro atoms. The molecule has 68 heavy (non-hydrogen) atoms. The number of ketones is 1. The van der Waals surface area contributed by atoms with Crippen LogP contribution in [-0.2, 0) is 23.8 Å². The summed E-state index contributed by atoms with van der Waals surface area (Å²) in [5.41, 5.74) is -0.186. The molecule has 17 nitrogen and oxygen atoms in total. The number of aromatic hydroxyl groups is 2. The molecule has 2 aromatic carbocycles. The second-order valence-electron chi connectivity index (χ2n) is 18.9. The van der Waals surface area contributed by atoms with Gasteiger partial charge in [-0.3, -0.25) is 19.2 Å². The van der Waals surface area contributed by atoms with Crippen molar-refractivity contribution in [3.63, 3.8) is 0 Å². The smallest absolute Gasteiger partial charge is 0.302 e. The van der Waals surface area contributed by atoms with E-state index in [4.69, 9.17) is 23.6 Å². The molecule has 1 fully saturated rings. The van der Waals surface area contributed by atoms with Crippen molar-refractivity contribution < 1.29 is 58.5 Å². The number of esters is 1. The summed E-state index contributed by atoms with van der Waals surface area (Å²) in [6, 6.07) is 3.60. The normalized spacial score (nSPS) is 30.8. The number of aromatic nitrogens is 1. The van der Waals surface area contributed by atoms with Crippen LogP contribution in [0.4, 0.5) is 11.4 Å². The third kappa shape index (κ3) is 9.09. The molecule has 1 unspecified atom stereocenters. The second-order valence-corrected chi connectivity index (χ2v) is 18.9. The molecule has 3 bridgehead atoms. The van der Waals surface area contributed by atoms with Crippen LogP contribution in [0.25, 0.3) is 33.3 Å². The number of allylic oxidation sites excluding steroid dienone is 2. The van der Waals surface area contributed by atoms with Gasteiger partial charge in [-0.15, -0.1) is 0 Å². The first-order chi connectivity index (χ1) is 32.2. The maximum Gasteiger partial charge on any atom is 0.302 e. The lowest BCUT2D eigenvalue weighted by atomic mass is 9.78. The first-order valence-corrected chi connectivity index (χ1v) is 23.2. The summed E-state index contributed by atoms with van der Waals surface area (Å²) in [7, 11) is 3.35. The molecule has 1 saturated heterocycles. The van der Waals surface area contributed by atoms with Gasteiger partial charge in [-0.25, -0.2) is 4.98 Å². The number of piperidine rings is 1. The van der Waals surface area contributed by atoms with Crippen LogP contribution >= 0.6 is 0 Å². The van der Waals surface area contributed by atoms with Gasteiger partial charge in [0.2, 0.25) is 11.7 Å². The van der Waals surface area contributed by atoms with Crippen molar-refractivity contribution in [3.05, 3.63) is 75.2 Å². The molecule has 0 aromatic heterocycles. The minimum atomic E-state index is -1.70. The quantitative estimate of drug-likeness (QED) is 0.0727. The second kappa shape index (κ2) is 20.0. The maximum atomic E-state index is 14.9. The summed E-state index contributed by atoms with van der Waals surface area (Å²) in [4.78, 5) is 63.0. The zero-order valence-corrected chi connectivity index (χ0v) is 40.2. The van der Waals surface area contributed by atoms with Crippen LogP contribution in [0, 0.1) is 36.5 Å². The minimum Gasteiger partial charge on any atom is -0.507 e. The van der Waals surface area contributed by atoms with Crippen LogP contribution in [0.1, 0.15) is 88.7 Å². The largest absolute Gasteiger partial charge is 0.507 e. The van der Waals surface area contributed by atoms with Crippen molar-refractivity contribution in [1.82, 2.24) is 10.3 Å². The van der Waals surface area contributed by atoms with Crippen molar-refractivity contribution in [2.75, 3.05) is 37.5 Å². The lowest BCUT2D eigenvalue weighted by Gasteiger charge is -2.38. The van der Waals surface area contributed by atoms with Crippen LogP contribution < -0.4 is 21.0 Å². The summed E-state index contributed by atoms with van der Waals surface area (Å²) >= 11 is 0. The summed E-state index contributed by atoms with van der Waals surface area (Å²) in [6.07, 6.45) is 3.49. The molecule has 366 valence electrons. The van der Waals surface area contributed by atoms with E-state index < -0.39 is 95.1 Å². The number of carbonyl (C=O) groups excluding carboxylic acids is 3. The van der Waals surface area contributed by atoms with Gasteiger partial charge in [-0.05, 0) is 50.9 Å². The molecule has 2 aromatic rings. The first-order valence-electron chi connectivity index (χ1n) is 23.2. The molecule has 3 aliphatic heterocycles. The van der Waals surface area contributed by atoms with E-state index in [1.54, 1.807) is 58.9 Å². The highest BCUT2D eigenvalue weighted by Crippen LogP contribution is 2.52. The fourth-order valence-corrected chi connectivity index (χ4v) is 10.4. The topological polar surface area (TPSA) is 250 Å². The number of aliphatic hydroxyl groups excluding tert-OH is 3. The Labute approximate surface area is 394 Å². The Morgan fingerprint density at radius 1 is 0.941 bits per heavy atom. The standard InChI is InChI=1S/C51H64N4O13/c1-22-12-11-13-23(2)50(63)54-42-47(62)39-37(41-49(42)68-34-21-31(20-32(57)40(34)53-41)55-17-14-30(52-9)15-18-55)38-35(25(4)46(39)61)36(26(5)45(38)60)51(64)66-19-16-33(65-10)24(3)48(67-29(8)56)28(7)44(59)27(6)43(22)58/h11-13,16,19-22,24,26-28,30,33,36,43-44,48,51-52,57-59,61,64H,14-15,17-18H2,1-10H3,(H,54,63)/b12-11+,19-16+,23-13-/t22-,24+,26+,27+,28+,33-,36?,43-,44+,48+,51+/m0/s1. The number of anilines is 2. The summed E-state index contributed by atoms with van der Waals surface area (Å²) in [5, 5.41) is 64.1. The predicted octanol–water partition coefficient (Wildman–Crippen LogP) is 5.79. The highest BCUT2D eigenvalue weighted by atomic mass is 16.6. The highest BCUT2D eigenvalue weighted by molar-refractivity contribution is 6.21. The first kappa shape index (κ1) is 50.0. The number of nitrogens with one attached hydrogen (secondary N) is 2. The molecule has 5 aliphatic rings. The number of phenolic OH excluding ortho intramolecular Hbond substituents is 2. The molecule has 7 rings (SSSR count). The van der Waals surface area contributed by atoms with Gasteiger partial charge in [0.1, 0.15) is 34.5 Å². The Balaban J connectivity index is 1.45. The third-order valence-electron chi connectivity index (χ3n) is 14.6. The predicted molar refractivity (Wildman–Crippen MR) is 256 cm³/mol. The van der Waals surface area contributed by atoms with Crippen molar-refractivity contribution in [2.24, 2.45) is 29.6 Å². The van der Waals surface area contributed by atoms with Gasteiger partial charge in [-0.1, -0.05) is 52.8 Å². The van der Waals surface area contributed by atoms with Gasteiger partial charge < -0.3 is 59.7 Å². The number of hydrogen-bond donors (Lipinski definition) is 7. The molecule has 0 saturated carbocycles. The van der Waals surface area contributed by atoms with E-state index in [1.807, 2.05) is 7.05 Å². The number of nitrogens with zero attached hydrogens (tertiary/aromatic N) is 2. The zero-order valence-electron chi connectivity index (χ0n) is 40.2. The fourth-order valence-electron chi connectivity index (χ4n) is 10.4. The molecule has 3 heterocycles.